The van der Waals surface area contributed by atoms with E-state index >= 15 is 0 Å². The molecule has 17 heavy (non-hydrogen) atoms. The summed E-state index contributed by atoms with van der Waals surface area (Å²) in [5.74, 6) is 6.04. The number of hydrogen-bond acceptors (Lipinski definition) is 3. The Morgan fingerprint density at radius 2 is 1.71 bits per heavy atom. The normalized spacial score (nSPS) is 9.71. The number of hydrogen-bond donors (Lipinski definition) is 2. The topological polar surface area (TPSA) is 64.3 Å². The molecular weight excluding hydrogens is 216 g/mol. The Labute approximate surface area is 99.0 Å². The van der Waals surface area contributed by atoms with Crippen LogP contribution in [-0.2, 0) is 0 Å². The summed E-state index contributed by atoms with van der Waals surface area (Å²) in [6.45, 7) is 0. The van der Waals surface area contributed by atoms with Crippen LogP contribution in [0.25, 0.3) is 0 Å². The van der Waals surface area contributed by atoms with Crippen molar-refractivity contribution in [2.75, 3.05) is 0 Å². The maximum Gasteiger partial charge on any atom is 0.265 e. The Hall–Kier alpha value is -2.33. The van der Waals surface area contributed by atoms with E-state index in [9.17, 15) is 4.79 Å². The van der Waals surface area contributed by atoms with Crippen LogP contribution < -0.4 is 16.0 Å². The minimum absolute atomic E-state index is 0.344. The van der Waals surface area contributed by atoms with Crippen LogP contribution in [-0.4, -0.2) is 5.91 Å². The van der Waals surface area contributed by atoms with Crippen molar-refractivity contribution in [3.05, 3.63) is 60.2 Å². The fourth-order valence-electron chi connectivity index (χ4n) is 1.41. The largest absolute Gasteiger partial charge is 0.457 e. The number of nitrogens with one attached hydrogen (secondary N) is 1. The first-order valence-corrected chi connectivity index (χ1v) is 5.13. The van der Waals surface area contributed by atoms with Crippen molar-refractivity contribution in [1.82, 2.24) is 5.43 Å². The van der Waals surface area contributed by atoms with Gasteiger partial charge in [-0.05, 0) is 30.3 Å². The van der Waals surface area contributed by atoms with Gasteiger partial charge in [0.05, 0.1) is 0 Å². The second kappa shape index (κ2) is 5.14. The monoisotopic (exact) mass is 228 g/mol. The van der Waals surface area contributed by atoms with Gasteiger partial charge >= 0.3 is 0 Å². The van der Waals surface area contributed by atoms with Crippen LogP contribution in [0.2, 0.25) is 0 Å². The van der Waals surface area contributed by atoms with E-state index in [1.54, 1.807) is 24.3 Å². The van der Waals surface area contributed by atoms with Crippen LogP contribution >= 0.6 is 0 Å². The number of nitrogen functional groups attached to an aromatic ring is 1. The number of hydrazine groups is 1. The van der Waals surface area contributed by atoms with Crippen molar-refractivity contribution in [1.29, 1.82) is 0 Å². The van der Waals surface area contributed by atoms with Gasteiger partial charge in [-0.25, -0.2) is 5.84 Å². The molecule has 0 bridgehead atoms. The fourth-order valence-corrected chi connectivity index (χ4v) is 1.41. The summed E-state index contributed by atoms with van der Waals surface area (Å²) in [6, 6.07) is 16.2. The van der Waals surface area contributed by atoms with E-state index in [1.165, 1.54) is 0 Å². The van der Waals surface area contributed by atoms with E-state index < -0.39 is 0 Å². The Bertz CT molecular complexity index is 512. The Kier molecular flexibility index (Phi) is 3.37. The third-order valence-corrected chi connectivity index (χ3v) is 2.21. The lowest BCUT2D eigenvalue weighted by atomic mass is 10.2. The first-order chi connectivity index (χ1) is 8.29. The third kappa shape index (κ3) is 2.83. The SMILES string of the molecule is NNC(=O)c1cccc(Oc2ccccc2)c1. The predicted octanol–water partition coefficient (Wildman–Crippen LogP) is 2.08. The van der Waals surface area contributed by atoms with Crippen molar-refractivity contribution in [3.63, 3.8) is 0 Å². The zero-order chi connectivity index (χ0) is 12.1. The summed E-state index contributed by atoms with van der Waals surface area (Å²) >= 11 is 0. The number of ether oxygens (including phenoxy) is 1. The van der Waals surface area contributed by atoms with Gasteiger partial charge in [0.2, 0.25) is 0 Å². The highest BCUT2D eigenvalue weighted by atomic mass is 16.5. The van der Waals surface area contributed by atoms with Crippen molar-refractivity contribution in [2.45, 2.75) is 0 Å². The first kappa shape index (κ1) is 11.2. The molecule has 0 saturated heterocycles. The van der Waals surface area contributed by atoms with E-state index in [1.807, 2.05) is 30.3 Å². The maximum absolute atomic E-state index is 11.3. The molecular formula is C13H12N2O2. The van der Waals surface area contributed by atoms with Crippen LogP contribution in [0, 0.1) is 0 Å². The van der Waals surface area contributed by atoms with Gasteiger partial charge in [0.25, 0.3) is 5.91 Å². The molecule has 0 fully saturated rings. The minimum Gasteiger partial charge on any atom is -0.457 e. The van der Waals surface area contributed by atoms with Crippen LogP contribution in [0.4, 0.5) is 0 Å². The molecule has 2 aromatic rings. The molecule has 0 aromatic heterocycles. The lowest BCUT2D eigenvalue weighted by Gasteiger charge is -2.06. The average molecular weight is 228 g/mol. The van der Waals surface area contributed by atoms with Crippen molar-refractivity contribution < 1.29 is 9.53 Å². The van der Waals surface area contributed by atoms with E-state index in [0.29, 0.717) is 11.3 Å². The van der Waals surface area contributed by atoms with Crippen molar-refractivity contribution >= 4 is 5.91 Å². The van der Waals surface area contributed by atoms with Crippen LogP contribution in [0.3, 0.4) is 0 Å². The summed E-state index contributed by atoms with van der Waals surface area (Å²) in [5, 5.41) is 0. The predicted molar refractivity (Wildman–Crippen MR) is 64.6 cm³/mol. The molecule has 0 radical (unpaired) electrons. The Balaban J connectivity index is 2.20. The molecule has 2 aromatic carbocycles. The zero-order valence-electron chi connectivity index (χ0n) is 9.09. The summed E-state index contributed by atoms with van der Waals surface area (Å²) in [5.41, 5.74) is 2.54. The summed E-state index contributed by atoms with van der Waals surface area (Å²) in [6.07, 6.45) is 0. The second-order valence-corrected chi connectivity index (χ2v) is 3.42. The van der Waals surface area contributed by atoms with Gasteiger partial charge in [-0.2, -0.15) is 0 Å². The van der Waals surface area contributed by atoms with Crippen LogP contribution in [0.1, 0.15) is 10.4 Å². The molecule has 0 heterocycles. The molecule has 86 valence electrons. The van der Waals surface area contributed by atoms with Gasteiger partial charge in [0.1, 0.15) is 11.5 Å². The van der Waals surface area contributed by atoms with Gasteiger partial charge in [-0.15, -0.1) is 0 Å². The quantitative estimate of drug-likeness (QED) is 0.480. The first-order valence-electron chi connectivity index (χ1n) is 5.13. The van der Waals surface area contributed by atoms with E-state index in [0.717, 1.165) is 5.75 Å². The third-order valence-electron chi connectivity index (χ3n) is 2.21. The van der Waals surface area contributed by atoms with Crippen LogP contribution in [0.5, 0.6) is 11.5 Å². The fraction of sp³-hybridized carbons (Fsp3) is 0. The Morgan fingerprint density at radius 1 is 1.00 bits per heavy atom. The Morgan fingerprint density at radius 3 is 2.41 bits per heavy atom. The maximum atomic E-state index is 11.3. The molecule has 0 unspecified atom stereocenters. The molecule has 4 nitrogen and oxygen atoms in total. The molecule has 0 aliphatic heterocycles. The standard InChI is InChI=1S/C13H12N2O2/c14-15-13(16)10-5-4-8-12(9-10)17-11-6-2-1-3-7-11/h1-9H,14H2,(H,15,16). The average Bonchev–Trinajstić information content (AvgIpc) is 2.39. The van der Waals surface area contributed by atoms with Crippen molar-refractivity contribution in [3.8, 4) is 11.5 Å². The van der Waals surface area contributed by atoms with Gasteiger partial charge in [-0.1, -0.05) is 24.3 Å². The highest BCUT2D eigenvalue weighted by Crippen LogP contribution is 2.21. The molecule has 0 atom stereocenters. The van der Waals surface area contributed by atoms with E-state index in [-0.39, 0.29) is 5.91 Å². The molecule has 1 amide bonds. The summed E-state index contributed by atoms with van der Waals surface area (Å²) < 4.78 is 5.59. The van der Waals surface area contributed by atoms with E-state index in [2.05, 4.69) is 5.43 Å². The summed E-state index contributed by atoms with van der Waals surface area (Å²) in [7, 11) is 0. The lowest BCUT2D eigenvalue weighted by molar-refractivity contribution is 0.0953. The number of carbonyl (C=O) groups excluding carboxylic acids is 1. The van der Waals surface area contributed by atoms with Gasteiger partial charge in [-0.3, -0.25) is 10.2 Å². The summed E-state index contributed by atoms with van der Waals surface area (Å²) in [4.78, 5) is 11.3. The number of carbonyl (C=O) groups is 1. The molecule has 4 heteroatoms. The highest BCUT2D eigenvalue weighted by molar-refractivity contribution is 5.94. The molecule has 0 saturated carbocycles. The number of rotatable bonds is 3. The molecule has 0 spiro atoms. The van der Waals surface area contributed by atoms with Gasteiger partial charge in [0.15, 0.2) is 0 Å². The lowest BCUT2D eigenvalue weighted by Crippen LogP contribution is -2.29. The molecule has 0 aliphatic rings. The smallest absolute Gasteiger partial charge is 0.265 e. The zero-order valence-corrected chi connectivity index (χ0v) is 9.09. The van der Waals surface area contributed by atoms with Gasteiger partial charge < -0.3 is 4.74 Å². The number of amides is 1. The highest BCUT2D eigenvalue weighted by Gasteiger charge is 2.04. The van der Waals surface area contributed by atoms with Crippen molar-refractivity contribution in [2.24, 2.45) is 5.84 Å². The number of para-hydroxylation sites is 1. The molecule has 3 N–H and O–H groups in total. The van der Waals surface area contributed by atoms with Crippen LogP contribution in [0.15, 0.2) is 54.6 Å². The molecule has 0 aliphatic carbocycles. The van der Waals surface area contributed by atoms with E-state index in [4.69, 9.17) is 10.6 Å². The number of benzene rings is 2. The minimum atomic E-state index is -0.344. The second-order valence-electron chi connectivity index (χ2n) is 3.42. The molecule has 2 rings (SSSR count). The van der Waals surface area contributed by atoms with Gasteiger partial charge in [0, 0.05) is 5.56 Å². The number of nitrogens with two attached hydrogens (primary N) is 1.